The summed E-state index contributed by atoms with van der Waals surface area (Å²) in [5.74, 6) is 0.112. The first-order chi connectivity index (χ1) is 13.5. The van der Waals surface area contributed by atoms with E-state index < -0.39 is 11.9 Å². The monoisotopic (exact) mass is 376 g/mol. The molecule has 1 aromatic heterocycles. The lowest BCUT2D eigenvalue weighted by Gasteiger charge is -2.11. The number of aryl methyl sites for hydroxylation is 2. The molecule has 0 aliphatic heterocycles. The number of nitrogens with zero attached hydrogens (tertiary/aromatic N) is 2. The van der Waals surface area contributed by atoms with Crippen LogP contribution < -0.4 is 10.6 Å². The molecule has 0 aliphatic rings. The lowest BCUT2D eigenvalue weighted by molar-refractivity contribution is 0.0600. The third kappa shape index (κ3) is 4.50. The van der Waals surface area contributed by atoms with Crippen LogP contribution in [0.1, 0.15) is 32.2 Å². The number of rotatable bonds is 5. The number of esters is 1. The predicted octanol–water partition coefficient (Wildman–Crippen LogP) is 3.88. The fourth-order valence-electron chi connectivity index (χ4n) is 2.64. The SMILES string of the molecule is COC(=O)c1cccc(NC(=O)c2cc(Nc3ccccc3C)nc(C)n2)c1. The number of benzene rings is 2. The van der Waals surface area contributed by atoms with Gasteiger partial charge in [-0.2, -0.15) is 0 Å². The Hall–Kier alpha value is -3.74. The molecule has 2 N–H and O–H groups in total. The molecule has 0 aliphatic carbocycles. The first-order valence-corrected chi connectivity index (χ1v) is 8.64. The van der Waals surface area contributed by atoms with Gasteiger partial charge in [0.15, 0.2) is 0 Å². The Labute approximate surface area is 162 Å². The van der Waals surface area contributed by atoms with Crippen molar-refractivity contribution in [3.05, 3.63) is 77.2 Å². The summed E-state index contributed by atoms with van der Waals surface area (Å²) < 4.78 is 4.70. The van der Waals surface area contributed by atoms with Crippen molar-refractivity contribution < 1.29 is 14.3 Å². The van der Waals surface area contributed by atoms with E-state index in [1.54, 1.807) is 37.3 Å². The second kappa shape index (κ2) is 8.30. The van der Waals surface area contributed by atoms with Gasteiger partial charge in [0.1, 0.15) is 17.3 Å². The molecule has 7 heteroatoms. The number of nitrogens with one attached hydrogen (secondary N) is 2. The summed E-state index contributed by atoms with van der Waals surface area (Å²) in [4.78, 5) is 32.8. The third-order valence-electron chi connectivity index (χ3n) is 4.02. The first kappa shape index (κ1) is 19.0. The predicted molar refractivity (Wildman–Crippen MR) is 107 cm³/mol. The summed E-state index contributed by atoms with van der Waals surface area (Å²) in [7, 11) is 1.31. The molecule has 28 heavy (non-hydrogen) atoms. The highest BCUT2D eigenvalue weighted by molar-refractivity contribution is 6.04. The van der Waals surface area contributed by atoms with Gasteiger partial charge in [0.2, 0.25) is 0 Å². The molecular formula is C21H20N4O3. The average molecular weight is 376 g/mol. The molecule has 1 amide bonds. The van der Waals surface area contributed by atoms with Crippen LogP contribution in [-0.4, -0.2) is 29.0 Å². The first-order valence-electron chi connectivity index (χ1n) is 8.64. The molecule has 142 valence electrons. The largest absolute Gasteiger partial charge is 0.465 e. The van der Waals surface area contributed by atoms with E-state index in [-0.39, 0.29) is 5.69 Å². The lowest BCUT2D eigenvalue weighted by atomic mass is 10.2. The Bertz CT molecular complexity index is 1030. The van der Waals surface area contributed by atoms with Gasteiger partial charge in [-0.15, -0.1) is 0 Å². The highest BCUT2D eigenvalue weighted by atomic mass is 16.5. The Morgan fingerprint density at radius 3 is 2.50 bits per heavy atom. The molecule has 0 spiro atoms. The van der Waals surface area contributed by atoms with Gasteiger partial charge in [0.25, 0.3) is 5.91 Å². The van der Waals surface area contributed by atoms with Crippen molar-refractivity contribution in [2.45, 2.75) is 13.8 Å². The van der Waals surface area contributed by atoms with Gasteiger partial charge in [0, 0.05) is 17.4 Å². The number of methoxy groups -OCH3 is 1. The number of hydrogen-bond donors (Lipinski definition) is 2. The van der Waals surface area contributed by atoms with Crippen molar-refractivity contribution >= 4 is 29.1 Å². The van der Waals surface area contributed by atoms with E-state index in [0.717, 1.165) is 11.3 Å². The van der Waals surface area contributed by atoms with E-state index >= 15 is 0 Å². The molecule has 1 heterocycles. The van der Waals surface area contributed by atoms with Gasteiger partial charge in [-0.1, -0.05) is 24.3 Å². The Morgan fingerprint density at radius 2 is 1.75 bits per heavy atom. The summed E-state index contributed by atoms with van der Waals surface area (Å²) in [6, 6.07) is 15.9. The molecule has 0 bridgehead atoms. The second-order valence-corrected chi connectivity index (χ2v) is 6.15. The lowest BCUT2D eigenvalue weighted by Crippen LogP contribution is -2.16. The highest BCUT2D eigenvalue weighted by Crippen LogP contribution is 2.20. The highest BCUT2D eigenvalue weighted by Gasteiger charge is 2.13. The zero-order valence-electron chi connectivity index (χ0n) is 15.8. The van der Waals surface area contributed by atoms with Crippen LogP contribution in [0.15, 0.2) is 54.6 Å². The van der Waals surface area contributed by atoms with Crippen molar-refractivity contribution in [3.8, 4) is 0 Å². The molecule has 2 aromatic carbocycles. The van der Waals surface area contributed by atoms with Gasteiger partial charge >= 0.3 is 5.97 Å². The standard InChI is InChI=1S/C21H20N4O3/c1-13-7-4-5-10-17(13)25-19-12-18(22-14(2)23-19)20(26)24-16-9-6-8-15(11-16)21(27)28-3/h4-12H,1-3H3,(H,24,26)(H,22,23,25). The smallest absolute Gasteiger partial charge is 0.337 e. The van der Waals surface area contributed by atoms with Gasteiger partial charge < -0.3 is 15.4 Å². The fourth-order valence-corrected chi connectivity index (χ4v) is 2.64. The third-order valence-corrected chi connectivity index (χ3v) is 4.02. The van der Waals surface area contributed by atoms with E-state index in [9.17, 15) is 9.59 Å². The normalized spacial score (nSPS) is 10.2. The Balaban J connectivity index is 1.82. The van der Waals surface area contributed by atoms with Crippen LogP contribution in [0, 0.1) is 13.8 Å². The van der Waals surface area contributed by atoms with Crippen LogP contribution >= 0.6 is 0 Å². The van der Waals surface area contributed by atoms with Crippen molar-refractivity contribution in [2.75, 3.05) is 17.7 Å². The minimum Gasteiger partial charge on any atom is -0.465 e. The van der Waals surface area contributed by atoms with E-state index in [0.29, 0.717) is 22.9 Å². The number of carbonyl (C=O) groups excluding carboxylic acids is 2. The van der Waals surface area contributed by atoms with Gasteiger partial charge in [-0.05, 0) is 43.7 Å². The minimum atomic E-state index is -0.473. The van der Waals surface area contributed by atoms with Crippen LogP contribution in [0.3, 0.4) is 0 Å². The number of anilines is 3. The maximum absolute atomic E-state index is 12.6. The van der Waals surface area contributed by atoms with Crippen LogP contribution in [0.4, 0.5) is 17.2 Å². The zero-order valence-corrected chi connectivity index (χ0v) is 15.8. The van der Waals surface area contributed by atoms with Gasteiger partial charge in [0.05, 0.1) is 12.7 Å². The molecule has 0 unspecified atom stereocenters. The van der Waals surface area contributed by atoms with Crippen LogP contribution in [0.25, 0.3) is 0 Å². The topological polar surface area (TPSA) is 93.2 Å². The van der Waals surface area contributed by atoms with E-state index in [2.05, 4.69) is 20.6 Å². The maximum atomic E-state index is 12.6. The molecule has 3 aromatic rings. The second-order valence-electron chi connectivity index (χ2n) is 6.15. The number of hydrogen-bond acceptors (Lipinski definition) is 6. The number of ether oxygens (including phenoxy) is 1. The van der Waals surface area contributed by atoms with E-state index in [1.165, 1.54) is 7.11 Å². The number of carbonyl (C=O) groups is 2. The zero-order chi connectivity index (χ0) is 20.1. The summed E-state index contributed by atoms with van der Waals surface area (Å²) in [6.45, 7) is 3.70. The fraction of sp³-hybridized carbons (Fsp3) is 0.143. The molecule has 0 saturated heterocycles. The van der Waals surface area contributed by atoms with Crippen LogP contribution in [0.5, 0.6) is 0 Å². The van der Waals surface area contributed by atoms with Crippen LogP contribution in [-0.2, 0) is 4.74 Å². The maximum Gasteiger partial charge on any atom is 0.337 e. The summed E-state index contributed by atoms with van der Waals surface area (Å²) >= 11 is 0. The van der Waals surface area contributed by atoms with Gasteiger partial charge in [-0.3, -0.25) is 4.79 Å². The quantitative estimate of drug-likeness (QED) is 0.657. The number of amides is 1. The van der Waals surface area contributed by atoms with Crippen molar-refractivity contribution in [3.63, 3.8) is 0 Å². The van der Waals surface area contributed by atoms with Crippen molar-refractivity contribution in [1.82, 2.24) is 9.97 Å². The number of para-hydroxylation sites is 1. The molecule has 0 saturated carbocycles. The summed E-state index contributed by atoms with van der Waals surface area (Å²) in [5, 5.41) is 5.95. The summed E-state index contributed by atoms with van der Waals surface area (Å²) in [5.41, 5.74) is 2.99. The molecule has 7 nitrogen and oxygen atoms in total. The average Bonchev–Trinajstić information content (AvgIpc) is 2.69. The Morgan fingerprint density at radius 1 is 0.964 bits per heavy atom. The van der Waals surface area contributed by atoms with Crippen molar-refractivity contribution in [1.29, 1.82) is 0 Å². The molecule has 0 radical (unpaired) electrons. The summed E-state index contributed by atoms with van der Waals surface area (Å²) in [6.07, 6.45) is 0. The molecule has 3 rings (SSSR count). The molecule has 0 atom stereocenters. The molecule has 0 fully saturated rings. The van der Waals surface area contributed by atoms with Crippen molar-refractivity contribution in [2.24, 2.45) is 0 Å². The van der Waals surface area contributed by atoms with Crippen LogP contribution in [0.2, 0.25) is 0 Å². The molecular weight excluding hydrogens is 356 g/mol. The van der Waals surface area contributed by atoms with Gasteiger partial charge in [-0.25, -0.2) is 14.8 Å². The number of aromatic nitrogens is 2. The van der Waals surface area contributed by atoms with E-state index in [1.807, 2.05) is 31.2 Å². The van der Waals surface area contributed by atoms with E-state index in [4.69, 9.17) is 4.74 Å². The Kier molecular flexibility index (Phi) is 5.64. The minimum absolute atomic E-state index is 0.215.